The second-order valence-corrected chi connectivity index (χ2v) is 16.0. The van der Waals surface area contributed by atoms with Gasteiger partial charge in [-0.2, -0.15) is 0 Å². The number of hydrogen-bond donors (Lipinski definition) is 0. The first-order valence-corrected chi connectivity index (χ1v) is 21.3. The average molecular weight is 781 g/mol. The van der Waals surface area contributed by atoms with Crippen LogP contribution in [0.1, 0.15) is 17.1 Å². The van der Waals surface area contributed by atoms with Gasteiger partial charge >= 0.3 is 30.3 Å². The van der Waals surface area contributed by atoms with E-state index in [0.717, 1.165) is 55.2 Å². The molecule has 0 saturated carbocycles. The molecule has 0 radical (unpaired) electrons. The summed E-state index contributed by atoms with van der Waals surface area (Å²) in [7, 11) is 0. The Morgan fingerprint density at radius 3 is 1.05 bits per heavy atom. The van der Waals surface area contributed by atoms with Crippen LogP contribution in [0.2, 0.25) is 0 Å². The number of rotatable bonds is 12. The van der Waals surface area contributed by atoms with E-state index in [1.165, 1.54) is 0 Å². The Morgan fingerprint density at radius 1 is 0.333 bits per heavy atom. The van der Waals surface area contributed by atoms with Gasteiger partial charge in [-0.25, -0.2) is 15.0 Å². The van der Waals surface area contributed by atoms with E-state index < -0.39 is 30.3 Å². The van der Waals surface area contributed by atoms with E-state index in [1.54, 1.807) is 6.20 Å². The molecule has 0 aliphatic carbocycles. The fraction of sp³-hybridized carbons (Fsp3) is 0.0667. The molecule has 0 saturated heterocycles. The number of aromatic nitrogens is 4. The molecule has 5 aromatic carbocycles. The van der Waals surface area contributed by atoms with Gasteiger partial charge in [0.15, 0.2) is 0 Å². The van der Waals surface area contributed by atoms with Gasteiger partial charge in [-0.1, -0.05) is 72.8 Å². The first kappa shape index (κ1) is 36.3. The zero-order valence-electron chi connectivity index (χ0n) is 31.3. The average Bonchev–Trinajstić information content (AvgIpc) is 3.22. The molecule has 9 aromatic rings. The SMILES string of the molecule is Cc1ccc2cccc([O][Al]([O]c3ccc([O][Al]([O]c4cccc5ccc(C)nc45)[O]c4cccc5ccc(C)nc45)cc3)[O]c3cccc4cccnc34)c2n1. The third-order valence-corrected chi connectivity index (χ3v) is 12.0. The van der Waals surface area contributed by atoms with Crippen molar-refractivity contribution in [2.24, 2.45) is 0 Å². The molecular formula is C45H34Al2N4O6. The predicted octanol–water partition coefficient (Wildman–Crippen LogP) is 9.85. The van der Waals surface area contributed by atoms with Crippen LogP contribution in [-0.4, -0.2) is 50.2 Å². The molecule has 0 bridgehead atoms. The normalized spacial score (nSPS) is 11.1. The minimum atomic E-state index is -3.03. The van der Waals surface area contributed by atoms with Gasteiger partial charge in [-0.05, 0) is 93.6 Å². The van der Waals surface area contributed by atoms with E-state index in [1.807, 2.05) is 166 Å². The summed E-state index contributed by atoms with van der Waals surface area (Å²) < 4.78 is 39.4. The van der Waals surface area contributed by atoms with E-state index in [-0.39, 0.29) is 0 Å². The molecule has 57 heavy (non-hydrogen) atoms. The van der Waals surface area contributed by atoms with Gasteiger partial charge in [0.2, 0.25) is 0 Å². The highest BCUT2D eigenvalue weighted by Gasteiger charge is 2.47. The second-order valence-electron chi connectivity index (χ2n) is 13.4. The molecule has 0 fully saturated rings. The molecule has 10 nitrogen and oxygen atoms in total. The van der Waals surface area contributed by atoms with Crippen molar-refractivity contribution in [1.82, 2.24) is 19.9 Å². The molecule has 4 heterocycles. The van der Waals surface area contributed by atoms with Crippen LogP contribution < -0.4 is 22.7 Å². The highest BCUT2D eigenvalue weighted by Crippen LogP contribution is 2.31. The van der Waals surface area contributed by atoms with Gasteiger partial charge in [0, 0.05) is 44.8 Å². The van der Waals surface area contributed by atoms with Crippen LogP contribution in [0, 0.1) is 20.8 Å². The van der Waals surface area contributed by atoms with Crippen molar-refractivity contribution in [2.75, 3.05) is 0 Å². The van der Waals surface area contributed by atoms with Crippen molar-refractivity contribution in [1.29, 1.82) is 0 Å². The number of aryl methyl sites for hydroxylation is 3. The number of pyridine rings is 4. The Morgan fingerprint density at radius 2 is 0.667 bits per heavy atom. The summed E-state index contributed by atoms with van der Waals surface area (Å²) >= 11 is -6.04. The lowest BCUT2D eigenvalue weighted by atomic mass is 10.2. The van der Waals surface area contributed by atoms with Crippen LogP contribution in [0.15, 0.2) is 152 Å². The van der Waals surface area contributed by atoms with Gasteiger partial charge in [-0.15, -0.1) is 0 Å². The Balaban J connectivity index is 1.02. The number of nitrogens with zero attached hydrogens (tertiary/aromatic N) is 4. The molecule has 9 rings (SSSR count). The van der Waals surface area contributed by atoms with Crippen molar-refractivity contribution in [3.63, 3.8) is 0 Å². The molecular weight excluding hydrogens is 746 g/mol. The smallest absolute Gasteiger partial charge is 0.577 e. The Bertz CT molecular complexity index is 2810. The first-order valence-electron chi connectivity index (χ1n) is 18.4. The van der Waals surface area contributed by atoms with Gasteiger partial charge in [0.05, 0.1) is 11.5 Å². The van der Waals surface area contributed by atoms with Crippen LogP contribution in [0.25, 0.3) is 43.6 Å². The fourth-order valence-corrected chi connectivity index (χ4v) is 9.12. The molecule has 0 aliphatic heterocycles. The third kappa shape index (κ3) is 8.13. The molecule has 12 heteroatoms. The van der Waals surface area contributed by atoms with Crippen molar-refractivity contribution in [3.05, 3.63) is 169 Å². The Labute approximate surface area is 339 Å². The molecule has 0 N–H and O–H groups in total. The summed E-state index contributed by atoms with van der Waals surface area (Å²) in [6, 6.07) is 46.4. The molecule has 4 aromatic heterocycles. The fourth-order valence-electron chi connectivity index (χ4n) is 6.49. The maximum atomic E-state index is 6.60. The minimum Gasteiger partial charge on any atom is -0.577 e. The van der Waals surface area contributed by atoms with Crippen molar-refractivity contribution < 1.29 is 22.7 Å². The topological polar surface area (TPSA) is 107 Å². The standard InChI is InChI=1S/3C10H9NO.C9H7NO.C6H6O2.2Al/c3*1-7-5-6-8-3-2-4-9(12)10(8)11-7;11-8-5-1-3-7-4-2-6-10-9(7)8;7-5-1-2-6(8)4-3-5;;/h3*2-6,12H,1H3;1-6,11H;1-4,7-8H;;/q;;;;;2*+3/p-6. The highest BCUT2D eigenvalue weighted by molar-refractivity contribution is 6.40. The summed E-state index contributed by atoms with van der Waals surface area (Å²) in [5.41, 5.74) is 5.53. The van der Waals surface area contributed by atoms with Crippen LogP contribution in [0.4, 0.5) is 0 Å². The number of para-hydroxylation sites is 4. The van der Waals surface area contributed by atoms with Gasteiger partial charge < -0.3 is 22.7 Å². The first-order chi connectivity index (χ1) is 27.9. The van der Waals surface area contributed by atoms with E-state index >= 15 is 0 Å². The van der Waals surface area contributed by atoms with Crippen molar-refractivity contribution in [3.8, 4) is 34.5 Å². The summed E-state index contributed by atoms with van der Waals surface area (Å²) in [5.74, 6) is 3.33. The molecule has 0 atom stereocenters. The summed E-state index contributed by atoms with van der Waals surface area (Å²) in [4.78, 5) is 18.9. The van der Waals surface area contributed by atoms with Gasteiger partial charge in [0.25, 0.3) is 0 Å². The number of fused-ring (bicyclic) bond motifs is 4. The van der Waals surface area contributed by atoms with Gasteiger partial charge in [-0.3, -0.25) is 4.98 Å². The molecule has 0 aliphatic rings. The largest absolute Gasteiger partial charge is 1.20 e. The zero-order valence-corrected chi connectivity index (χ0v) is 33.6. The highest BCUT2D eigenvalue weighted by atomic mass is 27.3. The van der Waals surface area contributed by atoms with Crippen molar-refractivity contribution in [2.45, 2.75) is 20.8 Å². The number of benzene rings is 5. The van der Waals surface area contributed by atoms with Crippen LogP contribution in [0.5, 0.6) is 34.5 Å². The Hall–Kier alpha value is -6.40. The summed E-state index contributed by atoms with van der Waals surface area (Å²) in [6.45, 7) is 5.86. The summed E-state index contributed by atoms with van der Waals surface area (Å²) in [6.07, 6.45) is 1.74. The van der Waals surface area contributed by atoms with Crippen LogP contribution >= 0.6 is 0 Å². The maximum Gasteiger partial charge on any atom is 1.20 e. The maximum absolute atomic E-state index is 6.60. The van der Waals surface area contributed by atoms with Gasteiger partial charge in [0.1, 0.15) is 45.1 Å². The Kier molecular flexibility index (Phi) is 10.2. The van der Waals surface area contributed by atoms with Crippen LogP contribution in [-0.2, 0) is 0 Å². The zero-order chi connectivity index (χ0) is 38.7. The predicted molar refractivity (Wildman–Crippen MR) is 223 cm³/mol. The van der Waals surface area contributed by atoms with Crippen molar-refractivity contribution >= 4 is 73.9 Å². The molecule has 0 spiro atoms. The quantitative estimate of drug-likeness (QED) is 0.111. The lowest BCUT2D eigenvalue weighted by Crippen LogP contribution is -2.37. The third-order valence-electron chi connectivity index (χ3n) is 9.24. The number of hydrogen-bond acceptors (Lipinski definition) is 10. The monoisotopic (exact) mass is 780 g/mol. The molecule has 0 amide bonds. The molecule has 0 unspecified atom stereocenters. The second kappa shape index (κ2) is 16.0. The lowest BCUT2D eigenvalue weighted by Gasteiger charge is -2.19. The van der Waals surface area contributed by atoms with E-state index in [2.05, 4.69) is 4.98 Å². The van der Waals surface area contributed by atoms with E-state index in [4.69, 9.17) is 37.7 Å². The van der Waals surface area contributed by atoms with E-state index in [0.29, 0.717) is 40.0 Å². The summed E-state index contributed by atoms with van der Waals surface area (Å²) in [5, 5.41) is 3.79. The lowest BCUT2D eigenvalue weighted by molar-refractivity contribution is 0.305. The minimum absolute atomic E-state index is 0.527. The van der Waals surface area contributed by atoms with E-state index in [9.17, 15) is 0 Å². The van der Waals surface area contributed by atoms with Crippen LogP contribution in [0.3, 0.4) is 0 Å². The molecule has 276 valence electrons.